The van der Waals surface area contributed by atoms with Gasteiger partial charge in [-0.15, -0.1) is 0 Å². The topological polar surface area (TPSA) is 95.6 Å². The Kier molecular flexibility index (Phi) is 3.68. The van der Waals surface area contributed by atoms with Gasteiger partial charge in [0.25, 0.3) is 0 Å². The number of carboxylic acid groups (broad SMARTS) is 1. The highest BCUT2D eigenvalue weighted by Crippen LogP contribution is 2.23. The molecule has 0 radical (unpaired) electrons. The molecule has 1 saturated heterocycles. The van der Waals surface area contributed by atoms with Crippen LogP contribution in [-0.4, -0.2) is 64.6 Å². The molecule has 1 fully saturated rings. The summed E-state index contributed by atoms with van der Waals surface area (Å²) < 4.78 is 0. The second-order valence-electron chi connectivity index (χ2n) is 4.99. The molecule has 2 rings (SSSR count). The van der Waals surface area contributed by atoms with Crippen molar-refractivity contribution in [3.8, 4) is 0 Å². The van der Waals surface area contributed by atoms with E-state index in [1.807, 2.05) is 14.1 Å². The molecule has 1 atom stereocenters. The third-order valence-electron chi connectivity index (χ3n) is 3.50. The third-order valence-corrected chi connectivity index (χ3v) is 3.50. The van der Waals surface area contributed by atoms with E-state index in [9.17, 15) is 4.79 Å². The standard InChI is InChI=1S/C12H19N5O2/c1-7-9(12(18)19)10(13)15-11(14-7)8-6-16(2)4-5-17(8)3/h8H,4-6H2,1-3H3,(H,18,19)(H2,13,14,15). The molecule has 0 aromatic carbocycles. The van der Waals surface area contributed by atoms with E-state index in [-0.39, 0.29) is 17.4 Å². The van der Waals surface area contributed by atoms with Crippen molar-refractivity contribution in [3.63, 3.8) is 0 Å². The molecule has 3 N–H and O–H groups in total. The summed E-state index contributed by atoms with van der Waals surface area (Å²) in [6.45, 7) is 4.37. The number of aryl methyl sites for hydroxylation is 1. The van der Waals surface area contributed by atoms with Gasteiger partial charge in [0.05, 0.1) is 11.7 Å². The molecule has 2 heterocycles. The number of carbonyl (C=O) groups is 1. The Hall–Kier alpha value is -1.73. The lowest BCUT2D eigenvalue weighted by Gasteiger charge is -2.36. The number of nitrogens with zero attached hydrogens (tertiary/aromatic N) is 4. The van der Waals surface area contributed by atoms with E-state index in [2.05, 4.69) is 19.8 Å². The summed E-state index contributed by atoms with van der Waals surface area (Å²) in [6, 6.07) is 0.0441. The fraction of sp³-hybridized carbons (Fsp3) is 0.583. The van der Waals surface area contributed by atoms with E-state index in [1.54, 1.807) is 6.92 Å². The van der Waals surface area contributed by atoms with Gasteiger partial charge in [0.1, 0.15) is 17.2 Å². The summed E-state index contributed by atoms with van der Waals surface area (Å²) in [5.74, 6) is -0.457. The molecule has 0 aliphatic carbocycles. The van der Waals surface area contributed by atoms with Crippen LogP contribution in [0.5, 0.6) is 0 Å². The van der Waals surface area contributed by atoms with Crippen molar-refractivity contribution < 1.29 is 9.90 Å². The summed E-state index contributed by atoms with van der Waals surface area (Å²) in [4.78, 5) is 23.9. The average molecular weight is 265 g/mol. The first-order valence-electron chi connectivity index (χ1n) is 6.16. The minimum absolute atomic E-state index is 0.00410. The molecule has 0 amide bonds. The van der Waals surface area contributed by atoms with Crippen molar-refractivity contribution in [1.82, 2.24) is 19.8 Å². The number of nitrogen functional groups attached to an aromatic ring is 1. The Morgan fingerprint density at radius 3 is 2.63 bits per heavy atom. The Morgan fingerprint density at radius 2 is 2.05 bits per heavy atom. The van der Waals surface area contributed by atoms with Gasteiger partial charge >= 0.3 is 5.97 Å². The van der Waals surface area contributed by atoms with Gasteiger partial charge in [0.15, 0.2) is 0 Å². The average Bonchev–Trinajstić information content (AvgIpc) is 2.30. The van der Waals surface area contributed by atoms with Gasteiger partial charge in [-0.2, -0.15) is 0 Å². The molecule has 7 heteroatoms. The zero-order valence-corrected chi connectivity index (χ0v) is 11.4. The van der Waals surface area contributed by atoms with Crippen molar-refractivity contribution in [3.05, 3.63) is 17.1 Å². The predicted molar refractivity (Wildman–Crippen MR) is 71.0 cm³/mol. The summed E-state index contributed by atoms with van der Waals surface area (Å²) in [7, 11) is 4.06. The SMILES string of the molecule is Cc1nc(C2CN(C)CCN2C)nc(N)c1C(=O)O. The fourth-order valence-electron chi connectivity index (χ4n) is 2.32. The third kappa shape index (κ3) is 2.66. The first-order chi connectivity index (χ1) is 8.90. The van der Waals surface area contributed by atoms with E-state index in [4.69, 9.17) is 10.8 Å². The molecule has 1 aliphatic rings. The summed E-state index contributed by atoms with van der Waals surface area (Å²) in [6.07, 6.45) is 0. The summed E-state index contributed by atoms with van der Waals surface area (Å²) in [5, 5.41) is 9.06. The number of carboxylic acids is 1. The number of aromatic carboxylic acids is 1. The highest BCUT2D eigenvalue weighted by atomic mass is 16.4. The van der Waals surface area contributed by atoms with Crippen LogP contribution in [-0.2, 0) is 0 Å². The van der Waals surface area contributed by atoms with Crippen LogP contribution in [0.1, 0.15) is 27.9 Å². The second-order valence-corrected chi connectivity index (χ2v) is 4.99. The Morgan fingerprint density at radius 1 is 1.37 bits per heavy atom. The number of likely N-dealkylation sites (N-methyl/N-ethyl adjacent to an activating group) is 2. The van der Waals surface area contributed by atoms with E-state index < -0.39 is 5.97 Å². The summed E-state index contributed by atoms with van der Waals surface area (Å²) >= 11 is 0. The number of hydrogen-bond donors (Lipinski definition) is 2. The Labute approximate surface area is 112 Å². The number of rotatable bonds is 2. The molecule has 1 unspecified atom stereocenters. The van der Waals surface area contributed by atoms with Crippen molar-refractivity contribution in [1.29, 1.82) is 0 Å². The molecular formula is C12H19N5O2. The fourth-order valence-corrected chi connectivity index (χ4v) is 2.32. The maximum atomic E-state index is 11.1. The van der Waals surface area contributed by atoms with Crippen LogP contribution in [0.2, 0.25) is 0 Å². The Bertz CT molecular complexity index is 482. The van der Waals surface area contributed by atoms with Crippen molar-refractivity contribution in [2.45, 2.75) is 13.0 Å². The quantitative estimate of drug-likeness (QED) is 0.776. The zero-order chi connectivity index (χ0) is 14.2. The molecule has 0 spiro atoms. The normalized spacial score (nSPS) is 21.5. The highest BCUT2D eigenvalue weighted by molar-refractivity contribution is 5.93. The van der Waals surface area contributed by atoms with E-state index in [0.29, 0.717) is 11.5 Å². The van der Waals surface area contributed by atoms with E-state index >= 15 is 0 Å². The number of hydrogen-bond acceptors (Lipinski definition) is 6. The van der Waals surface area contributed by atoms with Gasteiger partial charge in [0.2, 0.25) is 0 Å². The van der Waals surface area contributed by atoms with Crippen LogP contribution in [0, 0.1) is 6.92 Å². The molecular weight excluding hydrogens is 246 g/mol. The first-order valence-corrected chi connectivity index (χ1v) is 6.16. The predicted octanol–water partition coefficient (Wildman–Crippen LogP) is -0.0163. The van der Waals surface area contributed by atoms with Gasteiger partial charge < -0.3 is 15.7 Å². The molecule has 1 aromatic rings. The van der Waals surface area contributed by atoms with Crippen LogP contribution < -0.4 is 5.73 Å². The number of piperazine rings is 1. The molecule has 7 nitrogen and oxygen atoms in total. The van der Waals surface area contributed by atoms with Crippen LogP contribution in [0.25, 0.3) is 0 Å². The van der Waals surface area contributed by atoms with Gasteiger partial charge in [-0.1, -0.05) is 0 Å². The van der Waals surface area contributed by atoms with Crippen molar-refractivity contribution >= 4 is 11.8 Å². The Balaban J connectivity index is 2.38. The van der Waals surface area contributed by atoms with E-state index in [1.165, 1.54) is 0 Å². The minimum Gasteiger partial charge on any atom is -0.477 e. The van der Waals surface area contributed by atoms with E-state index in [0.717, 1.165) is 19.6 Å². The molecule has 1 aliphatic heterocycles. The summed E-state index contributed by atoms with van der Waals surface area (Å²) in [5.41, 5.74) is 6.16. The highest BCUT2D eigenvalue weighted by Gasteiger charge is 2.27. The van der Waals surface area contributed by atoms with Gasteiger partial charge in [0, 0.05) is 19.6 Å². The smallest absolute Gasteiger partial charge is 0.341 e. The maximum Gasteiger partial charge on any atom is 0.341 e. The van der Waals surface area contributed by atoms with Gasteiger partial charge in [-0.25, -0.2) is 14.8 Å². The molecule has 104 valence electrons. The molecule has 0 saturated carbocycles. The van der Waals surface area contributed by atoms with Gasteiger partial charge in [-0.3, -0.25) is 4.90 Å². The molecule has 19 heavy (non-hydrogen) atoms. The first kappa shape index (κ1) is 13.7. The minimum atomic E-state index is -1.09. The van der Waals surface area contributed by atoms with Crippen molar-refractivity contribution in [2.24, 2.45) is 0 Å². The second kappa shape index (κ2) is 5.10. The van der Waals surface area contributed by atoms with Gasteiger partial charge in [-0.05, 0) is 21.0 Å². The van der Waals surface area contributed by atoms with Crippen LogP contribution in [0.15, 0.2) is 0 Å². The van der Waals surface area contributed by atoms with Crippen molar-refractivity contribution in [2.75, 3.05) is 39.5 Å². The lowest BCUT2D eigenvalue weighted by Crippen LogP contribution is -2.45. The maximum absolute atomic E-state index is 11.1. The molecule has 1 aromatic heterocycles. The number of aromatic nitrogens is 2. The monoisotopic (exact) mass is 265 g/mol. The van der Waals surface area contributed by atoms with Crippen LogP contribution in [0.4, 0.5) is 5.82 Å². The number of anilines is 1. The lowest BCUT2D eigenvalue weighted by molar-refractivity contribution is 0.0695. The zero-order valence-electron chi connectivity index (χ0n) is 11.4. The lowest BCUT2D eigenvalue weighted by atomic mass is 10.1. The number of nitrogens with two attached hydrogens (primary N) is 1. The van der Waals surface area contributed by atoms with Crippen LogP contribution >= 0.6 is 0 Å². The molecule has 0 bridgehead atoms. The largest absolute Gasteiger partial charge is 0.477 e. The van der Waals surface area contributed by atoms with Crippen LogP contribution in [0.3, 0.4) is 0 Å².